The number of carbonyl (C=O) groups excluding carboxylic acids is 2. The van der Waals surface area contributed by atoms with Gasteiger partial charge in [0.05, 0.1) is 12.2 Å². The average Bonchev–Trinajstić information content (AvgIpc) is 2.87. The number of imide groups is 1. The van der Waals surface area contributed by atoms with Crippen molar-refractivity contribution in [1.29, 1.82) is 0 Å². The molecule has 0 atom stereocenters. The van der Waals surface area contributed by atoms with Crippen molar-refractivity contribution in [2.75, 3.05) is 6.54 Å². The topological polar surface area (TPSA) is 147 Å². The molecule has 1 aromatic carbocycles. The number of aromatic nitrogens is 2. The Bertz CT molecular complexity index is 1440. The van der Waals surface area contributed by atoms with Crippen LogP contribution < -0.4 is 0 Å². The van der Waals surface area contributed by atoms with E-state index >= 15 is 0 Å². The number of carboxylic acids is 1. The third kappa shape index (κ3) is 8.40. The highest BCUT2D eigenvalue weighted by molar-refractivity contribution is 9.10. The highest BCUT2D eigenvalue weighted by atomic mass is 79.9. The minimum Gasteiger partial charge on any atom is -0.480 e. The number of rotatable bonds is 9. The number of aliphatic carboxylic acids is 1. The van der Waals surface area contributed by atoms with Crippen molar-refractivity contribution >= 4 is 43.9 Å². The number of carbonyl (C=O) groups is 3. The van der Waals surface area contributed by atoms with Crippen LogP contribution in [0.15, 0.2) is 76.4 Å². The molecule has 0 saturated carbocycles. The lowest BCUT2D eigenvalue weighted by Gasteiger charge is -2.25. The zero-order valence-corrected chi connectivity index (χ0v) is 23.8. The molecular weight excluding hydrogens is 592 g/mol. The van der Waals surface area contributed by atoms with Crippen LogP contribution in [0.2, 0.25) is 0 Å². The number of hydrogen-bond acceptors (Lipinski definition) is 8. The first-order valence-corrected chi connectivity index (χ1v) is 13.9. The Kier molecular flexibility index (Phi) is 9.54. The van der Waals surface area contributed by atoms with Crippen molar-refractivity contribution in [2.24, 2.45) is 0 Å². The molecule has 0 bridgehead atoms. The number of benzene rings is 1. The van der Waals surface area contributed by atoms with E-state index in [2.05, 4.69) is 25.9 Å². The van der Waals surface area contributed by atoms with Crippen molar-refractivity contribution in [3.63, 3.8) is 0 Å². The van der Waals surface area contributed by atoms with Gasteiger partial charge in [-0.05, 0) is 62.7 Å². The van der Waals surface area contributed by atoms with Crippen molar-refractivity contribution < 1.29 is 32.6 Å². The number of carboxylic acid groups (broad SMARTS) is 1. The van der Waals surface area contributed by atoms with Gasteiger partial charge in [0.15, 0.2) is 0 Å². The third-order valence-electron chi connectivity index (χ3n) is 5.06. The van der Waals surface area contributed by atoms with Crippen LogP contribution in [-0.2, 0) is 32.6 Å². The van der Waals surface area contributed by atoms with Gasteiger partial charge in [-0.3, -0.25) is 14.6 Å². The molecule has 13 heteroatoms. The summed E-state index contributed by atoms with van der Waals surface area (Å²) in [7, 11) is -4.03. The number of amides is 2. The van der Waals surface area contributed by atoms with Crippen LogP contribution in [0.3, 0.4) is 0 Å². The molecular formula is C26H27BrN4O7S. The van der Waals surface area contributed by atoms with Crippen LogP contribution in [0.5, 0.6) is 0 Å². The fraction of sp³-hybridized carbons (Fsp3) is 0.269. The summed E-state index contributed by atoms with van der Waals surface area (Å²) in [5.41, 5.74) is -0.320. The fourth-order valence-corrected chi connectivity index (χ4v) is 4.97. The van der Waals surface area contributed by atoms with E-state index in [-0.39, 0.29) is 29.4 Å². The van der Waals surface area contributed by atoms with Crippen LogP contribution in [0.1, 0.15) is 42.5 Å². The second kappa shape index (κ2) is 12.5. The first-order chi connectivity index (χ1) is 18.3. The normalized spacial score (nSPS) is 11.7. The molecule has 2 heterocycles. The van der Waals surface area contributed by atoms with E-state index in [1.165, 1.54) is 47.0 Å². The van der Waals surface area contributed by atoms with Gasteiger partial charge in [-0.15, -0.1) is 0 Å². The first kappa shape index (κ1) is 29.9. The maximum Gasteiger partial charge on any atom is 0.417 e. The third-order valence-corrected chi connectivity index (χ3v) is 7.36. The van der Waals surface area contributed by atoms with Crippen LogP contribution in [0.4, 0.5) is 4.79 Å². The van der Waals surface area contributed by atoms with E-state index in [9.17, 15) is 27.9 Å². The maximum atomic E-state index is 13.5. The zero-order chi connectivity index (χ0) is 28.8. The monoisotopic (exact) mass is 618 g/mol. The Morgan fingerprint density at radius 3 is 2.28 bits per heavy atom. The van der Waals surface area contributed by atoms with Gasteiger partial charge in [0.25, 0.3) is 5.91 Å². The molecule has 11 nitrogen and oxygen atoms in total. The van der Waals surface area contributed by atoms with Gasteiger partial charge in [-0.25, -0.2) is 23.1 Å². The molecule has 0 aliphatic rings. The molecule has 0 fully saturated rings. The molecule has 0 spiro atoms. The summed E-state index contributed by atoms with van der Waals surface area (Å²) in [6.45, 7) is 3.57. The average molecular weight is 619 g/mol. The second-order valence-electron chi connectivity index (χ2n) is 9.37. The number of pyridine rings is 2. The fourth-order valence-electron chi connectivity index (χ4n) is 3.35. The lowest BCUT2D eigenvalue weighted by Crippen LogP contribution is -2.44. The van der Waals surface area contributed by atoms with E-state index in [1.807, 2.05) is 0 Å². The van der Waals surface area contributed by atoms with Crippen molar-refractivity contribution in [2.45, 2.75) is 44.4 Å². The molecule has 1 N–H and O–H groups in total. The summed E-state index contributed by atoms with van der Waals surface area (Å²) in [6.07, 6.45) is 1.56. The minimum atomic E-state index is -4.03. The SMILES string of the molecule is CC(C)(C)OC(=O)N(CC(=O)O)C(=O)c1cccc(CN(Cc2ccc(Br)cc2)S(=O)(=O)c2cccnc2)n1. The van der Waals surface area contributed by atoms with Gasteiger partial charge in [-0.2, -0.15) is 4.31 Å². The molecule has 3 rings (SSSR count). The first-order valence-electron chi connectivity index (χ1n) is 11.6. The van der Waals surface area contributed by atoms with E-state index < -0.39 is 40.1 Å². The van der Waals surface area contributed by atoms with Gasteiger partial charge < -0.3 is 9.84 Å². The number of hydrogen-bond donors (Lipinski definition) is 1. The zero-order valence-electron chi connectivity index (χ0n) is 21.4. The molecule has 2 amide bonds. The van der Waals surface area contributed by atoms with Gasteiger partial charge in [-0.1, -0.05) is 34.1 Å². The van der Waals surface area contributed by atoms with Crippen molar-refractivity contribution in [3.8, 4) is 0 Å². The molecule has 0 unspecified atom stereocenters. The quantitative estimate of drug-likeness (QED) is 0.374. The molecule has 3 aromatic rings. The number of sulfonamides is 1. The summed E-state index contributed by atoms with van der Waals surface area (Å²) < 4.78 is 34.3. The largest absolute Gasteiger partial charge is 0.480 e. The van der Waals surface area contributed by atoms with Crippen LogP contribution in [0, 0.1) is 0 Å². The molecule has 0 aliphatic heterocycles. The van der Waals surface area contributed by atoms with E-state index in [0.29, 0.717) is 10.5 Å². The van der Waals surface area contributed by atoms with Gasteiger partial charge in [0.1, 0.15) is 22.7 Å². The Labute approximate surface area is 234 Å². The van der Waals surface area contributed by atoms with E-state index in [4.69, 9.17) is 4.74 Å². The van der Waals surface area contributed by atoms with Crippen molar-refractivity contribution in [1.82, 2.24) is 19.2 Å². The predicted molar refractivity (Wildman–Crippen MR) is 144 cm³/mol. The van der Waals surface area contributed by atoms with Gasteiger partial charge >= 0.3 is 12.1 Å². The summed E-state index contributed by atoms with van der Waals surface area (Å²) in [6, 6.07) is 14.4. The van der Waals surface area contributed by atoms with E-state index in [1.54, 1.807) is 45.0 Å². The number of halogens is 1. The summed E-state index contributed by atoms with van der Waals surface area (Å²) >= 11 is 3.36. The van der Waals surface area contributed by atoms with Gasteiger partial charge in [0, 0.05) is 23.4 Å². The minimum absolute atomic E-state index is 0.00654. The number of nitrogens with zero attached hydrogens (tertiary/aromatic N) is 4. The smallest absolute Gasteiger partial charge is 0.417 e. The molecule has 2 aromatic heterocycles. The molecule has 0 aliphatic carbocycles. The summed E-state index contributed by atoms with van der Waals surface area (Å²) in [5.74, 6) is -2.42. The Morgan fingerprint density at radius 1 is 1.00 bits per heavy atom. The Balaban J connectivity index is 1.95. The molecule has 206 valence electrons. The Morgan fingerprint density at radius 2 is 1.69 bits per heavy atom. The van der Waals surface area contributed by atoms with Crippen molar-refractivity contribution in [3.05, 3.63) is 88.4 Å². The molecule has 0 saturated heterocycles. The summed E-state index contributed by atoms with van der Waals surface area (Å²) in [5, 5.41) is 9.25. The second-order valence-corrected chi connectivity index (χ2v) is 12.2. The highest BCUT2D eigenvalue weighted by Crippen LogP contribution is 2.22. The maximum absolute atomic E-state index is 13.5. The standard InChI is InChI=1S/C26H27BrN4O7S/c1-26(2,3)38-25(35)31(17-23(32)33)24(34)22-8-4-6-20(29-22)16-30(15-18-9-11-19(27)12-10-18)39(36,37)21-7-5-13-28-14-21/h4-14H,15-17H2,1-3H3,(H,32,33). The Hall–Kier alpha value is -3.68. The highest BCUT2D eigenvalue weighted by Gasteiger charge is 2.31. The van der Waals surface area contributed by atoms with Gasteiger partial charge in [0.2, 0.25) is 10.0 Å². The van der Waals surface area contributed by atoms with Crippen LogP contribution in [0.25, 0.3) is 0 Å². The van der Waals surface area contributed by atoms with E-state index in [0.717, 1.165) is 4.47 Å². The van der Waals surface area contributed by atoms with Crippen LogP contribution >= 0.6 is 15.9 Å². The lowest BCUT2D eigenvalue weighted by atomic mass is 10.2. The van der Waals surface area contributed by atoms with Crippen LogP contribution in [-0.4, -0.2) is 62.8 Å². The molecule has 0 radical (unpaired) electrons. The summed E-state index contributed by atoms with van der Waals surface area (Å²) in [4.78, 5) is 45.7. The lowest BCUT2D eigenvalue weighted by molar-refractivity contribution is -0.137. The molecule has 39 heavy (non-hydrogen) atoms. The predicted octanol–water partition coefficient (Wildman–Crippen LogP) is 4.09. The number of ether oxygens (including phenoxy) is 1.